The van der Waals surface area contributed by atoms with Gasteiger partial charge in [0.25, 0.3) is 5.91 Å². The molecule has 1 atom stereocenters. The molecule has 0 radical (unpaired) electrons. The van der Waals surface area contributed by atoms with Crippen LogP contribution in [0.2, 0.25) is 0 Å². The zero-order chi connectivity index (χ0) is 19.5. The van der Waals surface area contributed by atoms with Crippen LogP contribution in [-0.2, 0) is 22.7 Å². The number of carbonyl (C=O) groups is 3. The molecular formula is C22H23N3O3. The van der Waals surface area contributed by atoms with E-state index in [2.05, 4.69) is 5.32 Å². The van der Waals surface area contributed by atoms with Crippen LogP contribution >= 0.6 is 0 Å². The smallest absolute Gasteiger partial charge is 0.251 e. The van der Waals surface area contributed by atoms with Crippen molar-refractivity contribution in [1.29, 1.82) is 0 Å². The van der Waals surface area contributed by atoms with Crippen molar-refractivity contribution in [2.24, 2.45) is 0 Å². The molecule has 2 saturated heterocycles. The molecule has 2 aliphatic rings. The number of nitrogens with one attached hydrogen (secondary N) is 1. The molecule has 0 saturated carbocycles. The van der Waals surface area contributed by atoms with Crippen LogP contribution in [0.4, 0.5) is 0 Å². The Kier molecular flexibility index (Phi) is 5.10. The molecule has 2 aromatic rings. The van der Waals surface area contributed by atoms with E-state index >= 15 is 0 Å². The molecule has 0 spiro atoms. The van der Waals surface area contributed by atoms with Gasteiger partial charge in [0, 0.05) is 25.2 Å². The van der Waals surface area contributed by atoms with E-state index < -0.39 is 0 Å². The molecular weight excluding hydrogens is 354 g/mol. The maximum Gasteiger partial charge on any atom is 0.251 e. The van der Waals surface area contributed by atoms with Crippen molar-refractivity contribution in [2.75, 3.05) is 13.1 Å². The van der Waals surface area contributed by atoms with Crippen molar-refractivity contribution in [1.82, 2.24) is 15.1 Å². The van der Waals surface area contributed by atoms with Gasteiger partial charge in [-0.1, -0.05) is 42.5 Å². The lowest BCUT2D eigenvalue weighted by Crippen LogP contribution is -2.56. The quantitative estimate of drug-likeness (QED) is 0.866. The van der Waals surface area contributed by atoms with Gasteiger partial charge in [-0.3, -0.25) is 14.4 Å². The van der Waals surface area contributed by atoms with Gasteiger partial charge in [0.15, 0.2) is 0 Å². The number of rotatable bonds is 5. The summed E-state index contributed by atoms with van der Waals surface area (Å²) >= 11 is 0. The second-order valence-corrected chi connectivity index (χ2v) is 7.30. The Hall–Kier alpha value is -3.15. The average Bonchev–Trinajstić information content (AvgIpc) is 3.22. The van der Waals surface area contributed by atoms with Crippen molar-refractivity contribution >= 4 is 17.7 Å². The summed E-state index contributed by atoms with van der Waals surface area (Å²) in [5.41, 5.74) is 2.52. The minimum atomic E-state index is -0.288. The number of carbonyl (C=O) groups excluding carboxylic acids is 3. The summed E-state index contributed by atoms with van der Waals surface area (Å²) in [4.78, 5) is 40.5. The van der Waals surface area contributed by atoms with Crippen LogP contribution in [0.15, 0.2) is 54.6 Å². The van der Waals surface area contributed by atoms with Gasteiger partial charge in [0.2, 0.25) is 11.8 Å². The van der Waals surface area contributed by atoms with Gasteiger partial charge in [0.05, 0.1) is 0 Å². The number of fused-ring (bicyclic) bond motifs is 1. The predicted octanol–water partition coefficient (Wildman–Crippen LogP) is 1.95. The maximum atomic E-state index is 12.6. The summed E-state index contributed by atoms with van der Waals surface area (Å²) in [5.74, 6) is -0.0815. The van der Waals surface area contributed by atoms with E-state index in [1.165, 1.54) is 0 Å². The number of benzene rings is 2. The molecule has 28 heavy (non-hydrogen) atoms. The molecule has 0 unspecified atom stereocenters. The standard InChI is InChI=1S/C22H23N3O3/c26-20-15-24(22(28)19-7-4-12-25(19)20)14-17-8-10-18(11-9-17)21(27)23-13-16-5-2-1-3-6-16/h1-3,5-6,8-11,19H,4,7,12-15H2,(H,23,27)/t19-/m0/s1. The largest absolute Gasteiger partial charge is 0.348 e. The molecule has 2 aromatic carbocycles. The second kappa shape index (κ2) is 7.84. The highest BCUT2D eigenvalue weighted by Gasteiger charge is 2.41. The monoisotopic (exact) mass is 377 g/mol. The normalized spacial score (nSPS) is 18.9. The first kappa shape index (κ1) is 18.2. The van der Waals surface area contributed by atoms with Gasteiger partial charge >= 0.3 is 0 Å². The van der Waals surface area contributed by atoms with Gasteiger partial charge in [-0.15, -0.1) is 0 Å². The third kappa shape index (κ3) is 3.76. The second-order valence-electron chi connectivity index (χ2n) is 7.30. The lowest BCUT2D eigenvalue weighted by molar-refractivity contribution is -0.154. The number of hydrogen-bond donors (Lipinski definition) is 1. The van der Waals surface area contributed by atoms with Crippen LogP contribution < -0.4 is 5.32 Å². The summed E-state index contributed by atoms with van der Waals surface area (Å²) in [6, 6.07) is 16.7. The topological polar surface area (TPSA) is 69.7 Å². The fourth-order valence-electron chi connectivity index (χ4n) is 3.86. The predicted molar refractivity (Wildman–Crippen MR) is 104 cm³/mol. The van der Waals surface area contributed by atoms with E-state index in [0.717, 1.165) is 24.0 Å². The lowest BCUT2D eigenvalue weighted by atomic mass is 10.1. The van der Waals surface area contributed by atoms with Crippen molar-refractivity contribution in [2.45, 2.75) is 32.0 Å². The number of piperazine rings is 1. The van der Waals surface area contributed by atoms with E-state index in [9.17, 15) is 14.4 Å². The number of nitrogens with zero attached hydrogens (tertiary/aromatic N) is 2. The van der Waals surface area contributed by atoms with E-state index in [1.807, 2.05) is 42.5 Å². The Bertz CT molecular complexity index is 880. The molecule has 0 bridgehead atoms. The van der Waals surface area contributed by atoms with Gasteiger partial charge in [-0.25, -0.2) is 0 Å². The molecule has 4 rings (SSSR count). The maximum absolute atomic E-state index is 12.6. The van der Waals surface area contributed by atoms with Gasteiger partial charge in [0.1, 0.15) is 12.6 Å². The van der Waals surface area contributed by atoms with Crippen molar-refractivity contribution in [3.8, 4) is 0 Å². The lowest BCUT2D eigenvalue weighted by Gasteiger charge is -2.36. The molecule has 0 aromatic heterocycles. The summed E-state index contributed by atoms with van der Waals surface area (Å²) in [7, 11) is 0. The van der Waals surface area contributed by atoms with Gasteiger partial charge in [-0.05, 0) is 36.1 Å². The molecule has 144 valence electrons. The molecule has 6 heteroatoms. The van der Waals surface area contributed by atoms with Crippen LogP contribution in [0, 0.1) is 0 Å². The molecule has 6 nitrogen and oxygen atoms in total. The minimum absolute atomic E-state index is 0.0269. The van der Waals surface area contributed by atoms with Crippen LogP contribution in [0.1, 0.15) is 34.3 Å². The number of hydrogen-bond acceptors (Lipinski definition) is 3. The first-order valence-electron chi connectivity index (χ1n) is 9.61. The first-order chi connectivity index (χ1) is 13.6. The molecule has 2 heterocycles. The van der Waals surface area contributed by atoms with Gasteiger partial charge in [-0.2, -0.15) is 0 Å². The summed E-state index contributed by atoms with van der Waals surface area (Å²) in [5, 5.41) is 2.90. The van der Waals surface area contributed by atoms with E-state index in [0.29, 0.717) is 25.2 Å². The Morgan fingerprint density at radius 3 is 2.50 bits per heavy atom. The van der Waals surface area contributed by atoms with E-state index in [-0.39, 0.29) is 30.3 Å². The third-order valence-corrected chi connectivity index (χ3v) is 5.38. The Morgan fingerprint density at radius 2 is 1.75 bits per heavy atom. The van der Waals surface area contributed by atoms with Crippen molar-refractivity contribution < 1.29 is 14.4 Å². The zero-order valence-electron chi connectivity index (χ0n) is 15.6. The van der Waals surface area contributed by atoms with Crippen molar-refractivity contribution in [3.05, 3.63) is 71.3 Å². The Labute approximate surface area is 164 Å². The highest BCUT2D eigenvalue weighted by atomic mass is 16.2. The fraction of sp³-hybridized carbons (Fsp3) is 0.318. The average molecular weight is 377 g/mol. The number of amides is 3. The highest BCUT2D eigenvalue weighted by Crippen LogP contribution is 2.24. The molecule has 0 aliphatic carbocycles. The summed E-state index contributed by atoms with van der Waals surface area (Å²) in [6.45, 7) is 1.69. The summed E-state index contributed by atoms with van der Waals surface area (Å²) in [6.07, 6.45) is 1.64. The zero-order valence-corrected chi connectivity index (χ0v) is 15.6. The van der Waals surface area contributed by atoms with Gasteiger partial charge < -0.3 is 15.1 Å². The van der Waals surface area contributed by atoms with Crippen LogP contribution in [0.3, 0.4) is 0 Å². The van der Waals surface area contributed by atoms with Crippen LogP contribution in [-0.4, -0.2) is 46.7 Å². The summed E-state index contributed by atoms with van der Waals surface area (Å²) < 4.78 is 0. The molecule has 2 fully saturated rings. The fourth-order valence-corrected chi connectivity index (χ4v) is 3.86. The SMILES string of the molecule is O=C(NCc1ccccc1)c1ccc(CN2CC(=O)N3CCC[C@H]3C2=O)cc1. The molecule has 2 aliphatic heterocycles. The first-order valence-corrected chi connectivity index (χ1v) is 9.61. The van der Waals surface area contributed by atoms with E-state index in [1.54, 1.807) is 21.9 Å². The Balaban J connectivity index is 1.36. The third-order valence-electron chi connectivity index (χ3n) is 5.38. The molecule has 1 N–H and O–H groups in total. The minimum Gasteiger partial charge on any atom is -0.348 e. The highest BCUT2D eigenvalue weighted by molar-refractivity contribution is 5.95. The molecule has 3 amide bonds. The van der Waals surface area contributed by atoms with Crippen LogP contribution in [0.25, 0.3) is 0 Å². The Morgan fingerprint density at radius 1 is 1.00 bits per heavy atom. The van der Waals surface area contributed by atoms with E-state index in [4.69, 9.17) is 0 Å². The van der Waals surface area contributed by atoms with Crippen molar-refractivity contribution in [3.63, 3.8) is 0 Å². The van der Waals surface area contributed by atoms with Crippen LogP contribution in [0.5, 0.6) is 0 Å².